The molecule has 0 aromatic rings. The molecule has 58 heavy (non-hydrogen) atoms. The predicted octanol–water partition coefficient (Wildman–Crippen LogP) is 11.7. The number of unbranched alkanes of at least 4 members (excludes halogenated alkanes) is 14. The van der Waals surface area contributed by atoms with E-state index >= 15 is 0 Å². The summed E-state index contributed by atoms with van der Waals surface area (Å²) in [5.74, 6) is -2.43. The number of esters is 2. The van der Waals surface area contributed by atoms with E-state index in [0.29, 0.717) is 12.8 Å². The number of ether oxygens (including phenoxy) is 2. The summed E-state index contributed by atoms with van der Waals surface area (Å²) in [5, 5.41) is 8.89. The number of carboxylic acids is 1. The standard InChI is InChI=1S/C46H78NO10P/c1-3-5-7-9-11-13-15-17-19-20-21-22-24-25-27-29-31-33-35-37-44(48)54-39-42(40-55-58(52,53)56-41-43(47)46(50)51)57-45(49)38-36-34-32-30-28-26-23-18-16-14-12-10-8-6-4-2/h5,7,11,13-14,16-17,19,21-22,25,27,42-43H,3-4,6,8-10,12,15,18,20,23-24,26,28-41,47H2,1-2H3,(H,50,51)(H,52,53)/b7-5+,13-11+,16-14+,19-17+,22-21+,27-25+/t42-,43+/m1/s1. The number of carbonyl (C=O) groups excluding carboxylic acids is 2. The number of carboxylic acid groups (broad SMARTS) is 1. The molecule has 0 amide bonds. The Morgan fingerprint density at radius 1 is 0.552 bits per heavy atom. The molecule has 11 nitrogen and oxygen atoms in total. The maximum Gasteiger partial charge on any atom is 0.472 e. The second-order valence-electron chi connectivity index (χ2n) is 14.4. The van der Waals surface area contributed by atoms with Crippen molar-refractivity contribution < 1.29 is 47.5 Å². The summed E-state index contributed by atoms with van der Waals surface area (Å²) in [6.07, 6.45) is 48.2. The van der Waals surface area contributed by atoms with E-state index in [0.717, 1.165) is 83.5 Å². The number of aliphatic carboxylic acids is 1. The SMILES string of the molecule is CC/C=C/C/C=C/C/C=C/C/C=C/C/C=C/CCCCCC(=O)OC[C@H](COP(=O)(O)OC[C@H](N)C(=O)O)OC(=O)CCCCCCCCC/C=C/CCCCCC. The summed E-state index contributed by atoms with van der Waals surface area (Å²) in [6.45, 7) is 2.63. The lowest BCUT2D eigenvalue weighted by atomic mass is 10.1. The van der Waals surface area contributed by atoms with Crippen LogP contribution >= 0.6 is 7.82 Å². The topological polar surface area (TPSA) is 172 Å². The fourth-order valence-corrected chi connectivity index (χ4v) is 6.27. The van der Waals surface area contributed by atoms with Gasteiger partial charge in [0.05, 0.1) is 13.2 Å². The van der Waals surface area contributed by atoms with E-state index in [1.54, 1.807) is 0 Å². The molecule has 0 radical (unpaired) electrons. The summed E-state index contributed by atoms with van der Waals surface area (Å²) in [4.78, 5) is 46.0. The lowest BCUT2D eigenvalue weighted by Gasteiger charge is -2.20. The lowest BCUT2D eigenvalue weighted by molar-refractivity contribution is -0.161. The summed E-state index contributed by atoms with van der Waals surface area (Å²) in [5.41, 5.74) is 5.33. The van der Waals surface area contributed by atoms with E-state index < -0.39 is 51.1 Å². The summed E-state index contributed by atoms with van der Waals surface area (Å²) >= 11 is 0. The van der Waals surface area contributed by atoms with Gasteiger partial charge < -0.3 is 25.2 Å². The van der Waals surface area contributed by atoms with Crippen molar-refractivity contribution in [1.82, 2.24) is 0 Å². The van der Waals surface area contributed by atoms with Crippen LogP contribution < -0.4 is 5.73 Å². The molecule has 0 spiro atoms. The molecule has 332 valence electrons. The molecule has 0 aliphatic heterocycles. The number of hydrogen-bond acceptors (Lipinski definition) is 9. The van der Waals surface area contributed by atoms with Gasteiger partial charge in [-0.05, 0) is 83.5 Å². The molecule has 12 heteroatoms. The zero-order chi connectivity index (χ0) is 42.8. The van der Waals surface area contributed by atoms with Gasteiger partial charge in [-0.1, -0.05) is 145 Å². The van der Waals surface area contributed by atoms with E-state index in [4.69, 9.17) is 24.8 Å². The third kappa shape index (κ3) is 39.7. The monoisotopic (exact) mass is 836 g/mol. The van der Waals surface area contributed by atoms with Crippen LogP contribution in [0.25, 0.3) is 0 Å². The third-order valence-electron chi connectivity index (χ3n) is 8.94. The van der Waals surface area contributed by atoms with E-state index in [-0.39, 0.29) is 19.4 Å². The highest BCUT2D eigenvalue weighted by Gasteiger charge is 2.28. The van der Waals surface area contributed by atoms with Crippen LogP contribution in [0.4, 0.5) is 0 Å². The van der Waals surface area contributed by atoms with Crippen LogP contribution in [0.3, 0.4) is 0 Å². The Kier molecular flexibility index (Phi) is 38.5. The summed E-state index contributed by atoms with van der Waals surface area (Å²) < 4.78 is 32.7. The Morgan fingerprint density at radius 3 is 1.48 bits per heavy atom. The average molecular weight is 836 g/mol. The number of rotatable bonds is 40. The Labute approximate surface area is 350 Å². The fourth-order valence-electron chi connectivity index (χ4n) is 5.50. The molecule has 0 saturated carbocycles. The van der Waals surface area contributed by atoms with Crippen LogP contribution in [0.5, 0.6) is 0 Å². The fraction of sp³-hybridized carbons (Fsp3) is 0.674. The Hall–Kier alpha value is -3.08. The van der Waals surface area contributed by atoms with Crippen LogP contribution in [-0.2, 0) is 37.5 Å². The number of nitrogens with two attached hydrogens (primary N) is 1. The Balaban J connectivity index is 4.43. The Morgan fingerprint density at radius 2 is 0.966 bits per heavy atom. The minimum Gasteiger partial charge on any atom is -0.480 e. The van der Waals surface area contributed by atoms with Gasteiger partial charge in [-0.15, -0.1) is 0 Å². The lowest BCUT2D eigenvalue weighted by Crippen LogP contribution is -2.34. The zero-order valence-corrected chi connectivity index (χ0v) is 36.8. The molecule has 0 saturated heterocycles. The molecule has 0 aliphatic rings. The van der Waals surface area contributed by atoms with Crippen molar-refractivity contribution in [2.75, 3.05) is 19.8 Å². The third-order valence-corrected chi connectivity index (χ3v) is 9.89. The van der Waals surface area contributed by atoms with Gasteiger partial charge in [-0.2, -0.15) is 0 Å². The predicted molar refractivity (Wildman–Crippen MR) is 235 cm³/mol. The van der Waals surface area contributed by atoms with Gasteiger partial charge in [0.1, 0.15) is 12.6 Å². The smallest absolute Gasteiger partial charge is 0.472 e. The van der Waals surface area contributed by atoms with Gasteiger partial charge in [0, 0.05) is 12.8 Å². The quantitative estimate of drug-likeness (QED) is 0.0232. The van der Waals surface area contributed by atoms with Crippen LogP contribution in [0.2, 0.25) is 0 Å². The molecule has 0 bridgehead atoms. The van der Waals surface area contributed by atoms with Gasteiger partial charge in [0.15, 0.2) is 6.10 Å². The van der Waals surface area contributed by atoms with Crippen molar-refractivity contribution in [3.05, 3.63) is 72.9 Å². The van der Waals surface area contributed by atoms with Crippen LogP contribution in [-0.4, -0.2) is 59.9 Å². The molecule has 0 aromatic carbocycles. The number of allylic oxidation sites excluding steroid dienone is 12. The van der Waals surface area contributed by atoms with Crippen molar-refractivity contribution in [2.24, 2.45) is 5.73 Å². The van der Waals surface area contributed by atoms with Gasteiger partial charge in [-0.25, -0.2) is 4.57 Å². The Bertz CT molecular complexity index is 1260. The van der Waals surface area contributed by atoms with Crippen molar-refractivity contribution in [3.8, 4) is 0 Å². The van der Waals surface area contributed by atoms with E-state index in [1.807, 2.05) is 0 Å². The van der Waals surface area contributed by atoms with E-state index in [2.05, 4.69) is 91.3 Å². The molecule has 0 aromatic heterocycles. The average Bonchev–Trinajstić information content (AvgIpc) is 3.20. The zero-order valence-electron chi connectivity index (χ0n) is 35.9. The molecular weight excluding hydrogens is 757 g/mol. The summed E-state index contributed by atoms with van der Waals surface area (Å²) in [7, 11) is -4.73. The second kappa shape index (κ2) is 40.7. The number of hydrogen-bond donors (Lipinski definition) is 3. The van der Waals surface area contributed by atoms with Gasteiger partial charge in [-0.3, -0.25) is 23.4 Å². The van der Waals surface area contributed by atoms with Crippen molar-refractivity contribution in [3.63, 3.8) is 0 Å². The van der Waals surface area contributed by atoms with Gasteiger partial charge in [0.25, 0.3) is 0 Å². The molecule has 0 fully saturated rings. The highest BCUT2D eigenvalue weighted by atomic mass is 31.2. The van der Waals surface area contributed by atoms with Crippen LogP contribution in [0, 0.1) is 0 Å². The number of carbonyl (C=O) groups is 3. The first-order valence-electron chi connectivity index (χ1n) is 22.0. The van der Waals surface area contributed by atoms with Crippen molar-refractivity contribution in [1.29, 1.82) is 0 Å². The normalized spacial score (nSPS) is 14.4. The first-order chi connectivity index (χ1) is 28.1. The molecule has 1 unspecified atom stereocenters. The molecule has 0 rings (SSSR count). The van der Waals surface area contributed by atoms with Crippen LogP contribution in [0.1, 0.15) is 168 Å². The maximum atomic E-state index is 12.6. The van der Waals surface area contributed by atoms with E-state index in [9.17, 15) is 23.8 Å². The molecular formula is C46H78NO10P. The minimum atomic E-state index is -4.73. The molecule has 0 heterocycles. The molecule has 0 aliphatic carbocycles. The van der Waals surface area contributed by atoms with Crippen molar-refractivity contribution in [2.45, 2.75) is 180 Å². The minimum absolute atomic E-state index is 0.145. The van der Waals surface area contributed by atoms with Gasteiger partial charge in [0.2, 0.25) is 0 Å². The molecule has 4 N–H and O–H groups in total. The first kappa shape index (κ1) is 54.9. The van der Waals surface area contributed by atoms with E-state index in [1.165, 1.54) is 44.9 Å². The molecule has 3 atom stereocenters. The highest BCUT2D eigenvalue weighted by Crippen LogP contribution is 2.43. The number of phosphoric ester groups is 1. The van der Waals surface area contributed by atoms with Crippen molar-refractivity contribution >= 4 is 25.7 Å². The maximum absolute atomic E-state index is 12.6. The second-order valence-corrected chi connectivity index (χ2v) is 15.9. The van der Waals surface area contributed by atoms with Crippen LogP contribution in [0.15, 0.2) is 72.9 Å². The highest BCUT2D eigenvalue weighted by molar-refractivity contribution is 7.47. The van der Waals surface area contributed by atoms with Gasteiger partial charge >= 0.3 is 25.7 Å². The summed E-state index contributed by atoms with van der Waals surface area (Å²) in [6, 6.07) is -1.53. The first-order valence-corrected chi connectivity index (χ1v) is 23.5. The largest absolute Gasteiger partial charge is 0.480 e. The number of phosphoric acid groups is 1.